The third kappa shape index (κ3) is 20.5. The van der Waals surface area contributed by atoms with Crippen LogP contribution in [0.3, 0.4) is 0 Å². The van der Waals surface area contributed by atoms with Gasteiger partial charge in [-0.15, -0.1) is 0 Å². The second-order valence-electron chi connectivity index (χ2n) is 14.4. The molecule has 0 radical (unpaired) electrons. The fraction of sp³-hybridized carbons (Fsp3) is 0.543. The van der Waals surface area contributed by atoms with Crippen molar-refractivity contribution < 1.29 is 23.4 Å². The second-order valence-corrected chi connectivity index (χ2v) is 14.4. The summed E-state index contributed by atoms with van der Waals surface area (Å²) in [6.07, 6.45) is 25.2. The molecular formula is C46H66F2N2O3. The lowest BCUT2D eigenvalue weighted by Gasteiger charge is -2.34. The van der Waals surface area contributed by atoms with Gasteiger partial charge in [-0.1, -0.05) is 157 Å². The van der Waals surface area contributed by atoms with Gasteiger partial charge in [-0.3, -0.25) is 9.69 Å². The Balaban J connectivity index is 0.000000327. The molecule has 1 aliphatic rings. The van der Waals surface area contributed by atoms with E-state index in [0.717, 1.165) is 63.1 Å². The largest absolute Gasteiger partial charge is 0.481 e. The lowest BCUT2D eigenvalue weighted by Crippen LogP contribution is -2.45. The van der Waals surface area contributed by atoms with Gasteiger partial charge in [0.1, 0.15) is 17.7 Å². The molecule has 1 heterocycles. The molecule has 7 heteroatoms. The van der Waals surface area contributed by atoms with Crippen molar-refractivity contribution in [2.45, 2.75) is 122 Å². The molecule has 0 saturated carbocycles. The number of aliphatic carboxylic acids is 1. The number of carboxylic acid groups (broad SMARTS) is 1. The normalized spacial score (nSPS) is 13.4. The van der Waals surface area contributed by atoms with Crippen molar-refractivity contribution in [2.24, 2.45) is 0 Å². The number of piperazine rings is 1. The minimum Gasteiger partial charge on any atom is -0.481 e. The number of unbranched alkanes of at least 4 members (excludes halogenated alkanes) is 14. The highest BCUT2D eigenvalue weighted by atomic mass is 19.1. The molecule has 0 spiro atoms. The van der Waals surface area contributed by atoms with Gasteiger partial charge in [-0.05, 0) is 60.0 Å². The summed E-state index contributed by atoms with van der Waals surface area (Å²) in [5.41, 5.74) is 3.04. The summed E-state index contributed by atoms with van der Waals surface area (Å²) in [4.78, 5) is 15.1. The Kier molecular flexibility index (Phi) is 23.1. The molecule has 0 bridgehead atoms. The van der Waals surface area contributed by atoms with Gasteiger partial charge >= 0.3 is 5.97 Å². The highest BCUT2D eigenvalue weighted by molar-refractivity contribution is 5.66. The first-order chi connectivity index (χ1) is 25.9. The van der Waals surface area contributed by atoms with Crippen molar-refractivity contribution in [3.05, 3.63) is 119 Å². The Morgan fingerprint density at radius 2 is 1.15 bits per heavy atom. The summed E-state index contributed by atoms with van der Waals surface area (Å²) in [6.45, 7) is 7.58. The fourth-order valence-electron chi connectivity index (χ4n) is 6.70. The zero-order chi connectivity index (χ0) is 37.8. The topological polar surface area (TPSA) is 53.0 Å². The third-order valence-electron chi connectivity index (χ3n) is 9.95. The lowest BCUT2D eigenvalue weighted by atomic mass is 10.0. The van der Waals surface area contributed by atoms with Gasteiger partial charge in [0.05, 0.1) is 6.61 Å². The van der Waals surface area contributed by atoms with E-state index in [4.69, 9.17) is 9.84 Å². The smallest absolute Gasteiger partial charge is 0.303 e. The Labute approximate surface area is 319 Å². The van der Waals surface area contributed by atoms with E-state index >= 15 is 0 Å². The van der Waals surface area contributed by atoms with Crippen LogP contribution in [-0.2, 0) is 16.0 Å². The molecule has 5 nitrogen and oxygen atoms in total. The van der Waals surface area contributed by atoms with Crippen LogP contribution in [0, 0.1) is 11.6 Å². The maximum atomic E-state index is 13.4. The highest BCUT2D eigenvalue weighted by Gasteiger charge is 2.18. The number of carbonyl (C=O) groups is 1. The summed E-state index contributed by atoms with van der Waals surface area (Å²) in [6, 6.07) is 23.1. The molecule has 0 aromatic heterocycles. The van der Waals surface area contributed by atoms with Crippen molar-refractivity contribution in [1.82, 2.24) is 9.80 Å². The van der Waals surface area contributed by atoms with Crippen molar-refractivity contribution >= 4 is 5.97 Å². The van der Waals surface area contributed by atoms with Crippen LogP contribution in [0.4, 0.5) is 8.78 Å². The Hall–Kier alpha value is -3.55. The number of carboxylic acids is 1. The van der Waals surface area contributed by atoms with E-state index in [0.29, 0.717) is 13.0 Å². The molecule has 1 saturated heterocycles. The average Bonchev–Trinajstić information content (AvgIpc) is 3.17. The third-order valence-corrected chi connectivity index (χ3v) is 9.95. The van der Waals surface area contributed by atoms with Crippen LogP contribution < -0.4 is 0 Å². The van der Waals surface area contributed by atoms with E-state index in [-0.39, 0.29) is 17.7 Å². The Morgan fingerprint density at radius 3 is 1.62 bits per heavy atom. The number of allylic oxidation sites excluding steroid dienone is 1. The van der Waals surface area contributed by atoms with Gasteiger partial charge in [0.2, 0.25) is 0 Å². The summed E-state index contributed by atoms with van der Waals surface area (Å²) in [7, 11) is 0. The van der Waals surface area contributed by atoms with Crippen LogP contribution in [0.15, 0.2) is 91.1 Å². The number of benzene rings is 3. The van der Waals surface area contributed by atoms with E-state index in [1.807, 2.05) is 6.07 Å². The lowest BCUT2D eigenvalue weighted by molar-refractivity contribution is -0.137. The van der Waals surface area contributed by atoms with E-state index in [9.17, 15) is 13.6 Å². The van der Waals surface area contributed by atoms with Gasteiger partial charge < -0.3 is 14.7 Å². The number of rotatable bonds is 25. The molecule has 292 valence electrons. The molecule has 3 aromatic carbocycles. The fourth-order valence-corrected chi connectivity index (χ4v) is 6.70. The van der Waals surface area contributed by atoms with Crippen molar-refractivity contribution in [1.29, 1.82) is 0 Å². The van der Waals surface area contributed by atoms with Crippen LogP contribution in [0.2, 0.25) is 0 Å². The SMILES string of the molecule is CCCCCCCCCCCCCCCCCC(=O)O.Fc1ccc(C(OCCN2CCN(/C=C/Cc3ccccc3)CC2)c2ccc(F)cc2)cc1. The molecule has 0 unspecified atom stereocenters. The minimum atomic E-state index is -0.653. The molecule has 1 N–H and O–H groups in total. The zero-order valence-electron chi connectivity index (χ0n) is 32.4. The monoisotopic (exact) mass is 733 g/mol. The Bertz CT molecular complexity index is 1310. The number of ether oxygens (including phenoxy) is 1. The molecule has 4 rings (SSSR count). The predicted molar refractivity (Wildman–Crippen MR) is 215 cm³/mol. The maximum absolute atomic E-state index is 13.4. The molecule has 1 fully saturated rings. The van der Waals surface area contributed by atoms with Crippen LogP contribution in [0.5, 0.6) is 0 Å². The van der Waals surface area contributed by atoms with Gasteiger partial charge in [-0.25, -0.2) is 8.78 Å². The highest BCUT2D eigenvalue weighted by Crippen LogP contribution is 2.26. The van der Waals surface area contributed by atoms with Gasteiger partial charge in [0.25, 0.3) is 0 Å². The first kappa shape index (κ1) is 43.9. The molecule has 1 aliphatic heterocycles. The van der Waals surface area contributed by atoms with Crippen LogP contribution in [0.25, 0.3) is 0 Å². The van der Waals surface area contributed by atoms with E-state index in [1.165, 1.54) is 113 Å². The van der Waals surface area contributed by atoms with Gasteiger partial charge in [0.15, 0.2) is 0 Å². The zero-order valence-corrected chi connectivity index (χ0v) is 32.4. The molecule has 0 aliphatic carbocycles. The van der Waals surface area contributed by atoms with Gasteiger partial charge in [0, 0.05) is 39.1 Å². The predicted octanol–water partition coefficient (Wildman–Crippen LogP) is 11.8. The van der Waals surface area contributed by atoms with E-state index in [2.05, 4.69) is 53.3 Å². The summed E-state index contributed by atoms with van der Waals surface area (Å²) in [5.74, 6) is -1.22. The number of hydrogen-bond donors (Lipinski definition) is 1. The van der Waals surface area contributed by atoms with E-state index in [1.54, 1.807) is 24.3 Å². The quantitative estimate of drug-likeness (QED) is 0.0879. The molecule has 0 amide bonds. The van der Waals surface area contributed by atoms with Crippen molar-refractivity contribution in [2.75, 3.05) is 39.3 Å². The molecular weight excluding hydrogens is 667 g/mol. The number of hydrogen-bond acceptors (Lipinski definition) is 4. The molecule has 3 aromatic rings. The first-order valence-electron chi connectivity index (χ1n) is 20.5. The Morgan fingerprint density at radius 1 is 0.679 bits per heavy atom. The standard InChI is InChI=1S/C28H30F2N2O.C18H36O2/c29-26-12-8-24(9-13-26)28(25-10-14-27(30)15-11-25)33-22-21-32-19-17-31(18-20-32)16-4-7-23-5-2-1-3-6-23;1-2-3-4-5-6-7-8-9-10-11-12-13-14-15-16-17-18(19)20/h1-6,8-16,28H,7,17-22H2;2-17H2,1H3,(H,19,20)/b16-4+;. The van der Waals surface area contributed by atoms with Crippen molar-refractivity contribution in [3.63, 3.8) is 0 Å². The second kappa shape index (κ2) is 28.0. The van der Waals surface area contributed by atoms with Gasteiger partial charge in [-0.2, -0.15) is 0 Å². The number of halogens is 2. The van der Waals surface area contributed by atoms with E-state index < -0.39 is 5.97 Å². The summed E-state index contributed by atoms with van der Waals surface area (Å²) >= 11 is 0. The van der Waals surface area contributed by atoms with Crippen molar-refractivity contribution in [3.8, 4) is 0 Å². The summed E-state index contributed by atoms with van der Waals surface area (Å²) < 4.78 is 33.0. The average molecular weight is 733 g/mol. The maximum Gasteiger partial charge on any atom is 0.303 e. The number of nitrogens with zero attached hydrogens (tertiary/aromatic N) is 2. The molecule has 0 atom stereocenters. The molecule has 53 heavy (non-hydrogen) atoms. The van der Waals surface area contributed by atoms with Crippen LogP contribution in [0.1, 0.15) is 132 Å². The minimum absolute atomic E-state index is 0.285. The van der Waals surface area contributed by atoms with Crippen LogP contribution in [-0.4, -0.2) is 60.2 Å². The van der Waals surface area contributed by atoms with Crippen LogP contribution >= 0.6 is 0 Å². The summed E-state index contributed by atoms with van der Waals surface area (Å²) in [5, 5.41) is 8.52. The first-order valence-corrected chi connectivity index (χ1v) is 20.5.